The smallest absolute Gasteiger partial charge is 0.275 e. The largest absolute Gasteiger partial charge is 0.355 e. The number of nitrogens with two attached hydrogens (primary N) is 1. The molecule has 2 heterocycles. The molecule has 2 atom stereocenters. The fourth-order valence-corrected chi connectivity index (χ4v) is 2.46. The van der Waals surface area contributed by atoms with E-state index in [1.165, 1.54) is 6.20 Å². The molecule has 1 aliphatic rings. The number of ether oxygens (including phenoxy) is 1. The molecule has 0 fully saturated rings. The van der Waals surface area contributed by atoms with Crippen LogP contribution in [-0.2, 0) is 10.3 Å². The zero-order valence-electron chi connectivity index (χ0n) is 13.6. The predicted octanol–water partition coefficient (Wildman–Crippen LogP) is 1.64. The minimum absolute atomic E-state index is 0.257. The third-order valence-corrected chi connectivity index (χ3v) is 3.98. The Balaban J connectivity index is 1.83. The van der Waals surface area contributed by atoms with Gasteiger partial charge in [0.2, 0.25) is 0 Å². The third-order valence-electron chi connectivity index (χ3n) is 3.98. The lowest BCUT2D eigenvalue weighted by Gasteiger charge is -2.34. The summed E-state index contributed by atoms with van der Waals surface area (Å²) in [5.41, 5.74) is 7.87. The van der Waals surface area contributed by atoms with Crippen LogP contribution in [0.25, 0.3) is 0 Å². The van der Waals surface area contributed by atoms with Crippen molar-refractivity contribution < 1.29 is 9.53 Å². The Morgan fingerprint density at radius 2 is 2.21 bits per heavy atom. The van der Waals surface area contributed by atoms with Crippen LogP contribution in [0, 0.1) is 6.92 Å². The molecule has 0 saturated carbocycles. The van der Waals surface area contributed by atoms with Gasteiger partial charge in [-0.3, -0.25) is 14.8 Å². The SMILES string of the molecule is Cc1cnc(C(=O)Nc2cccc(C3(C)N=CCOC3N)c2)cn1. The lowest BCUT2D eigenvalue weighted by molar-refractivity contribution is 0.0204. The van der Waals surface area contributed by atoms with Crippen molar-refractivity contribution in [1.29, 1.82) is 0 Å². The van der Waals surface area contributed by atoms with Gasteiger partial charge in [0.25, 0.3) is 5.91 Å². The van der Waals surface area contributed by atoms with E-state index in [4.69, 9.17) is 10.5 Å². The Bertz CT molecular complexity index is 775. The van der Waals surface area contributed by atoms with Crippen LogP contribution in [0.5, 0.6) is 0 Å². The van der Waals surface area contributed by atoms with Crippen LogP contribution < -0.4 is 11.1 Å². The van der Waals surface area contributed by atoms with Crippen LogP contribution in [0.15, 0.2) is 41.7 Å². The number of rotatable bonds is 3. The summed E-state index contributed by atoms with van der Waals surface area (Å²) >= 11 is 0. The molecule has 124 valence electrons. The van der Waals surface area contributed by atoms with Crippen molar-refractivity contribution in [3.05, 3.63) is 53.6 Å². The Morgan fingerprint density at radius 1 is 1.38 bits per heavy atom. The van der Waals surface area contributed by atoms with E-state index in [1.807, 2.05) is 32.0 Å². The number of hydrogen-bond acceptors (Lipinski definition) is 6. The summed E-state index contributed by atoms with van der Waals surface area (Å²) in [4.78, 5) is 24.9. The maximum atomic E-state index is 12.3. The number of amides is 1. The maximum Gasteiger partial charge on any atom is 0.275 e. The number of benzene rings is 1. The molecule has 3 rings (SSSR count). The van der Waals surface area contributed by atoms with E-state index in [-0.39, 0.29) is 11.6 Å². The van der Waals surface area contributed by atoms with Crippen molar-refractivity contribution in [3.63, 3.8) is 0 Å². The van der Waals surface area contributed by atoms with E-state index in [9.17, 15) is 4.79 Å². The number of aromatic nitrogens is 2. The van der Waals surface area contributed by atoms with Crippen LogP contribution in [0.2, 0.25) is 0 Å². The molecule has 7 nitrogen and oxygen atoms in total. The molecular formula is C17H19N5O2. The lowest BCUT2D eigenvalue weighted by atomic mass is 9.90. The van der Waals surface area contributed by atoms with Gasteiger partial charge in [-0.1, -0.05) is 12.1 Å². The monoisotopic (exact) mass is 325 g/mol. The minimum atomic E-state index is -0.692. The molecule has 0 saturated heterocycles. The first kappa shape index (κ1) is 16.2. The van der Waals surface area contributed by atoms with Gasteiger partial charge < -0.3 is 15.8 Å². The first-order valence-electron chi connectivity index (χ1n) is 7.60. The van der Waals surface area contributed by atoms with E-state index in [1.54, 1.807) is 18.5 Å². The summed E-state index contributed by atoms with van der Waals surface area (Å²) in [7, 11) is 0. The van der Waals surface area contributed by atoms with E-state index in [2.05, 4.69) is 20.3 Å². The first-order valence-corrected chi connectivity index (χ1v) is 7.60. The van der Waals surface area contributed by atoms with E-state index in [0.29, 0.717) is 12.3 Å². The van der Waals surface area contributed by atoms with Gasteiger partial charge in [-0.25, -0.2) is 4.98 Å². The number of carbonyl (C=O) groups excluding carboxylic acids is 1. The number of aliphatic imine (C=N–C) groups is 1. The quantitative estimate of drug-likeness (QED) is 0.893. The Labute approximate surface area is 140 Å². The summed E-state index contributed by atoms with van der Waals surface area (Å²) in [6, 6.07) is 7.39. The van der Waals surface area contributed by atoms with Crippen LogP contribution in [0.1, 0.15) is 28.7 Å². The number of aryl methyl sites for hydroxylation is 1. The summed E-state index contributed by atoms with van der Waals surface area (Å²) < 4.78 is 5.47. The standard InChI is InChI=1S/C17H19N5O2/c1-11-9-20-14(10-19-11)15(23)22-13-5-3-4-12(8-13)17(2)16(18)24-7-6-21-17/h3-6,8-10,16H,7,18H2,1-2H3,(H,22,23). The highest BCUT2D eigenvalue weighted by atomic mass is 16.5. The van der Waals surface area contributed by atoms with Gasteiger partial charge in [-0.05, 0) is 31.5 Å². The highest BCUT2D eigenvalue weighted by Crippen LogP contribution is 2.32. The minimum Gasteiger partial charge on any atom is -0.355 e. The zero-order valence-corrected chi connectivity index (χ0v) is 13.6. The molecular weight excluding hydrogens is 306 g/mol. The molecule has 0 radical (unpaired) electrons. The van der Waals surface area contributed by atoms with Crippen LogP contribution >= 0.6 is 0 Å². The van der Waals surface area contributed by atoms with Crippen molar-refractivity contribution in [3.8, 4) is 0 Å². The molecule has 0 spiro atoms. The van der Waals surface area contributed by atoms with E-state index >= 15 is 0 Å². The van der Waals surface area contributed by atoms with Gasteiger partial charge >= 0.3 is 0 Å². The molecule has 2 aromatic rings. The molecule has 1 amide bonds. The van der Waals surface area contributed by atoms with E-state index in [0.717, 1.165) is 11.3 Å². The van der Waals surface area contributed by atoms with Gasteiger partial charge in [0.05, 0.1) is 18.5 Å². The van der Waals surface area contributed by atoms with Gasteiger partial charge in [-0.2, -0.15) is 0 Å². The van der Waals surface area contributed by atoms with Crippen molar-refractivity contribution in [2.24, 2.45) is 10.7 Å². The van der Waals surface area contributed by atoms with E-state index < -0.39 is 11.8 Å². The Hall–Kier alpha value is -2.64. The number of nitrogens with one attached hydrogen (secondary N) is 1. The summed E-state index contributed by atoms with van der Waals surface area (Å²) in [5, 5.41) is 2.81. The number of carbonyl (C=O) groups is 1. The first-order chi connectivity index (χ1) is 11.5. The second kappa shape index (κ2) is 6.46. The molecule has 7 heteroatoms. The third kappa shape index (κ3) is 3.17. The summed E-state index contributed by atoms with van der Waals surface area (Å²) in [6.45, 7) is 4.12. The molecule has 24 heavy (non-hydrogen) atoms. The Morgan fingerprint density at radius 3 is 2.92 bits per heavy atom. The second-order valence-electron chi connectivity index (χ2n) is 5.79. The van der Waals surface area contributed by atoms with Gasteiger partial charge in [0.15, 0.2) is 0 Å². The van der Waals surface area contributed by atoms with Gasteiger partial charge in [0.1, 0.15) is 17.5 Å². The zero-order chi connectivity index (χ0) is 17.2. The molecule has 1 aromatic carbocycles. The molecule has 0 aliphatic carbocycles. The fourth-order valence-electron chi connectivity index (χ4n) is 2.46. The average molecular weight is 325 g/mol. The summed E-state index contributed by atoms with van der Waals surface area (Å²) in [6.07, 6.45) is 4.16. The van der Waals surface area contributed by atoms with Crippen molar-refractivity contribution in [2.75, 3.05) is 11.9 Å². The highest BCUT2D eigenvalue weighted by Gasteiger charge is 2.35. The average Bonchev–Trinajstić information content (AvgIpc) is 2.58. The number of nitrogens with zero attached hydrogens (tertiary/aromatic N) is 3. The molecule has 2 unspecified atom stereocenters. The Kier molecular flexibility index (Phi) is 4.37. The van der Waals surface area contributed by atoms with Crippen LogP contribution in [0.4, 0.5) is 5.69 Å². The molecule has 1 aromatic heterocycles. The lowest BCUT2D eigenvalue weighted by Crippen LogP contribution is -2.46. The van der Waals surface area contributed by atoms with Crippen molar-refractivity contribution in [2.45, 2.75) is 25.6 Å². The molecule has 3 N–H and O–H groups in total. The van der Waals surface area contributed by atoms with Crippen molar-refractivity contribution in [1.82, 2.24) is 9.97 Å². The number of anilines is 1. The van der Waals surface area contributed by atoms with Gasteiger partial charge in [-0.15, -0.1) is 0 Å². The normalized spacial score (nSPS) is 23.0. The topological polar surface area (TPSA) is 102 Å². The van der Waals surface area contributed by atoms with Gasteiger partial charge in [0, 0.05) is 18.1 Å². The fraction of sp³-hybridized carbons (Fsp3) is 0.294. The second-order valence-corrected chi connectivity index (χ2v) is 5.79. The van der Waals surface area contributed by atoms with Crippen LogP contribution in [0.3, 0.4) is 0 Å². The highest BCUT2D eigenvalue weighted by molar-refractivity contribution is 6.02. The molecule has 1 aliphatic heterocycles. The predicted molar refractivity (Wildman–Crippen MR) is 90.9 cm³/mol. The maximum absolute atomic E-state index is 12.3. The van der Waals surface area contributed by atoms with Crippen LogP contribution in [-0.4, -0.2) is 34.9 Å². The molecule has 0 bridgehead atoms. The summed E-state index contributed by atoms with van der Waals surface area (Å²) in [5.74, 6) is -0.322. The number of hydrogen-bond donors (Lipinski definition) is 2. The van der Waals surface area contributed by atoms with Crippen molar-refractivity contribution >= 4 is 17.8 Å².